The van der Waals surface area contributed by atoms with E-state index in [0.29, 0.717) is 28.6 Å². The highest BCUT2D eigenvalue weighted by molar-refractivity contribution is 7.17. The van der Waals surface area contributed by atoms with Crippen molar-refractivity contribution in [2.24, 2.45) is 0 Å². The number of anilines is 1. The molecule has 1 aromatic heterocycles. The number of aryl methyl sites for hydroxylation is 1. The van der Waals surface area contributed by atoms with E-state index < -0.39 is 12.1 Å². The average molecular weight is 408 g/mol. The zero-order chi connectivity index (χ0) is 19.6. The maximum Gasteiger partial charge on any atom is 0.342 e. The van der Waals surface area contributed by atoms with Crippen LogP contribution >= 0.6 is 22.9 Å². The number of hydrogen-bond donors (Lipinski definition) is 1. The van der Waals surface area contributed by atoms with E-state index in [-0.39, 0.29) is 12.0 Å². The van der Waals surface area contributed by atoms with E-state index in [4.69, 9.17) is 21.1 Å². The molecule has 1 aliphatic heterocycles. The minimum Gasteiger partial charge on any atom is -0.459 e. The number of rotatable bonds is 5. The minimum absolute atomic E-state index is 0.227. The van der Waals surface area contributed by atoms with E-state index in [0.717, 1.165) is 22.4 Å². The summed E-state index contributed by atoms with van der Waals surface area (Å²) in [5.74, 6) is -0.683. The maximum absolute atomic E-state index is 12.8. The van der Waals surface area contributed by atoms with Gasteiger partial charge >= 0.3 is 5.97 Å². The SMILES string of the molecule is Cc1sc(NC(=O)[C@H]2CCCO2)c(C(=O)OC(C)C)c1-c1ccc(Cl)cc1. The van der Waals surface area contributed by atoms with Crippen molar-refractivity contribution in [1.82, 2.24) is 0 Å². The number of nitrogens with one attached hydrogen (secondary N) is 1. The first-order valence-corrected chi connectivity index (χ1v) is 10.1. The summed E-state index contributed by atoms with van der Waals surface area (Å²) in [5.41, 5.74) is 1.98. The molecule has 1 fully saturated rings. The van der Waals surface area contributed by atoms with Crippen LogP contribution in [0.3, 0.4) is 0 Å². The van der Waals surface area contributed by atoms with Crippen LogP contribution in [0, 0.1) is 6.92 Å². The largest absolute Gasteiger partial charge is 0.459 e. The lowest BCUT2D eigenvalue weighted by Crippen LogP contribution is -2.27. The van der Waals surface area contributed by atoms with Crippen LogP contribution in [0.15, 0.2) is 24.3 Å². The fraction of sp³-hybridized carbons (Fsp3) is 0.400. The topological polar surface area (TPSA) is 64.6 Å². The predicted octanol–water partition coefficient (Wildman–Crippen LogP) is 5.06. The summed E-state index contributed by atoms with van der Waals surface area (Å²) in [6.07, 6.45) is 0.809. The predicted molar refractivity (Wildman–Crippen MR) is 108 cm³/mol. The van der Waals surface area contributed by atoms with E-state index in [9.17, 15) is 9.59 Å². The standard InChI is InChI=1S/C20H22ClNO4S/c1-11(2)26-20(24)17-16(13-6-8-14(21)9-7-13)12(3)27-19(17)22-18(23)15-5-4-10-25-15/h6-9,11,15H,4-5,10H2,1-3H3,(H,22,23)/t15-/m1/s1. The first kappa shape index (κ1) is 19.9. The van der Waals surface area contributed by atoms with Gasteiger partial charge in [-0.3, -0.25) is 4.79 Å². The van der Waals surface area contributed by atoms with E-state index in [1.54, 1.807) is 26.0 Å². The number of ether oxygens (including phenoxy) is 2. The summed E-state index contributed by atoms with van der Waals surface area (Å²) >= 11 is 7.36. The molecule has 1 saturated heterocycles. The molecule has 2 heterocycles. The van der Waals surface area contributed by atoms with Gasteiger partial charge in [0.2, 0.25) is 0 Å². The smallest absolute Gasteiger partial charge is 0.342 e. The van der Waals surface area contributed by atoms with Gasteiger partial charge in [0.05, 0.1) is 6.10 Å². The van der Waals surface area contributed by atoms with Crippen molar-refractivity contribution < 1.29 is 19.1 Å². The Labute approximate surface area is 167 Å². The lowest BCUT2D eigenvalue weighted by molar-refractivity contribution is -0.124. The zero-order valence-corrected chi connectivity index (χ0v) is 17.1. The molecule has 5 nitrogen and oxygen atoms in total. The molecule has 0 spiro atoms. The molecule has 3 rings (SSSR count). The van der Waals surface area contributed by atoms with Crippen LogP contribution in [0.5, 0.6) is 0 Å². The van der Waals surface area contributed by atoms with E-state index in [2.05, 4.69) is 5.32 Å². The second-order valence-electron chi connectivity index (χ2n) is 6.69. The highest BCUT2D eigenvalue weighted by Crippen LogP contribution is 2.41. The average Bonchev–Trinajstić information content (AvgIpc) is 3.23. The second-order valence-corrected chi connectivity index (χ2v) is 8.35. The van der Waals surface area contributed by atoms with Gasteiger partial charge in [0, 0.05) is 22.1 Å². The molecule has 144 valence electrons. The molecule has 7 heteroatoms. The van der Waals surface area contributed by atoms with Gasteiger partial charge in [0.25, 0.3) is 5.91 Å². The Morgan fingerprint density at radius 2 is 2.00 bits per heavy atom. The first-order valence-electron chi connectivity index (χ1n) is 8.89. The molecule has 1 aromatic carbocycles. The van der Waals surface area contributed by atoms with Crippen LogP contribution in [-0.2, 0) is 14.3 Å². The molecule has 0 bridgehead atoms. The Kier molecular flexibility index (Phi) is 6.19. The molecule has 0 unspecified atom stereocenters. The number of esters is 1. The number of halogens is 1. The number of carbonyl (C=O) groups is 2. The molecule has 0 aliphatic carbocycles. The molecule has 0 radical (unpaired) electrons. The highest BCUT2D eigenvalue weighted by atomic mass is 35.5. The normalized spacial score (nSPS) is 16.6. The van der Waals surface area contributed by atoms with Gasteiger partial charge in [0.1, 0.15) is 16.7 Å². The van der Waals surface area contributed by atoms with Crippen LogP contribution in [0.4, 0.5) is 5.00 Å². The molecule has 2 aromatic rings. The van der Waals surface area contributed by atoms with Crippen molar-refractivity contribution in [2.75, 3.05) is 11.9 Å². The number of hydrogen-bond acceptors (Lipinski definition) is 5. The van der Waals surface area contributed by atoms with Crippen LogP contribution in [0.1, 0.15) is 41.9 Å². The molecule has 1 aliphatic rings. The third kappa shape index (κ3) is 4.51. The minimum atomic E-state index is -0.472. The third-order valence-electron chi connectivity index (χ3n) is 4.22. The van der Waals surface area contributed by atoms with Gasteiger partial charge in [-0.25, -0.2) is 4.79 Å². The molecule has 27 heavy (non-hydrogen) atoms. The fourth-order valence-corrected chi connectivity index (χ4v) is 4.23. The van der Waals surface area contributed by atoms with Crippen LogP contribution in [-0.4, -0.2) is 30.7 Å². The van der Waals surface area contributed by atoms with Gasteiger partial charge < -0.3 is 14.8 Å². The first-order chi connectivity index (χ1) is 12.9. The van der Waals surface area contributed by atoms with E-state index in [1.807, 2.05) is 19.1 Å². The quantitative estimate of drug-likeness (QED) is 0.703. The summed E-state index contributed by atoms with van der Waals surface area (Å²) in [6.45, 7) is 6.09. The Morgan fingerprint density at radius 1 is 1.30 bits per heavy atom. The Hall–Kier alpha value is -1.89. The van der Waals surface area contributed by atoms with Crippen LogP contribution < -0.4 is 5.32 Å². The molecule has 1 amide bonds. The van der Waals surface area contributed by atoms with E-state index in [1.165, 1.54) is 11.3 Å². The fourth-order valence-electron chi connectivity index (χ4n) is 3.04. The number of thiophene rings is 1. The molecule has 0 saturated carbocycles. The van der Waals surface area contributed by atoms with Gasteiger partial charge in [-0.15, -0.1) is 11.3 Å². The molecule has 1 N–H and O–H groups in total. The zero-order valence-electron chi connectivity index (χ0n) is 15.5. The van der Waals surface area contributed by atoms with Gasteiger partial charge in [-0.1, -0.05) is 23.7 Å². The van der Waals surface area contributed by atoms with Crippen LogP contribution in [0.25, 0.3) is 11.1 Å². The monoisotopic (exact) mass is 407 g/mol. The Balaban J connectivity index is 2.01. The summed E-state index contributed by atoms with van der Waals surface area (Å²) in [4.78, 5) is 26.3. The van der Waals surface area contributed by atoms with Crippen LogP contribution in [0.2, 0.25) is 5.02 Å². The molecular formula is C20H22ClNO4S. The lowest BCUT2D eigenvalue weighted by atomic mass is 10.0. The van der Waals surface area contributed by atoms with Gasteiger partial charge in [-0.2, -0.15) is 0 Å². The summed E-state index contributed by atoms with van der Waals surface area (Å²) in [7, 11) is 0. The lowest BCUT2D eigenvalue weighted by Gasteiger charge is -2.13. The highest BCUT2D eigenvalue weighted by Gasteiger charge is 2.29. The Bertz CT molecular complexity index is 838. The number of amides is 1. The van der Waals surface area contributed by atoms with Crippen molar-refractivity contribution in [3.8, 4) is 11.1 Å². The van der Waals surface area contributed by atoms with Gasteiger partial charge in [-0.05, 0) is 51.3 Å². The maximum atomic E-state index is 12.8. The number of benzene rings is 1. The summed E-state index contributed by atoms with van der Waals surface area (Å²) in [5, 5.41) is 3.98. The summed E-state index contributed by atoms with van der Waals surface area (Å²) < 4.78 is 10.9. The van der Waals surface area contributed by atoms with Crippen molar-refractivity contribution in [3.05, 3.63) is 39.7 Å². The van der Waals surface area contributed by atoms with Crippen molar-refractivity contribution in [2.45, 2.75) is 45.8 Å². The van der Waals surface area contributed by atoms with Crippen molar-refractivity contribution in [3.63, 3.8) is 0 Å². The third-order valence-corrected chi connectivity index (χ3v) is 5.50. The summed E-state index contributed by atoms with van der Waals surface area (Å²) in [6, 6.07) is 7.26. The molecule has 1 atom stereocenters. The van der Waals surface area contributed by atoms with Crippen molar-refractivity contribution >= 4 is 39.8 Å². The number of carbonyl (C=O) groups excluding carboxylic acids is 2. The molecular weight excluding hydrogens is 386 g/mol. The van der Waals surface area contributed by atoms with Gasteiger partial charge in [0.15, 0.2) is 0 Å². The van der Waals surface area contributed by atoms with E-state index >= 15 is 0 Å². The second kappa shape index (κ2) is 8.42. The van der Waals surface area contributed by atoms with Crippen molar-refractivity contribution in [1.29, 1.82) is 0 Å². The Morgan fingerprint density at radius 3 is 2.59 bits per heavy atom.